The van der Waals surface area contributed by atoms with Gasteiger partial charge in [-0.3, -0.25) is 14.5 Å². The van der Waals surface area contributed by atoms with Crippen LogP contribution in [0.4, 0.5) is 0 Å². The molecule has 0 spiro atoms. The number of rotatable bonds is 3. The molecule has 2 unspecified atom stereocenters. The van der Waals surface area contributed by atoms with E-state index in [1.54, 1.807) is 0 Å². The molecule has 2 heterocycles. The van der Waals surface area contributed by atoms with E-state index in [0.29, 0.717) is 4.90 Å². The first-order valence-electron chi connectivity index (χ1n) is 5.38. The lowest BCUT2D eigenvalue weighted by Gasteiger charge is -2.23. The molecule has 1 saturated heterocycles. The summed E-state index contributed by atoms with van der Waals surface area (Å²) < 4.78 is 0. The third-order valence-corrected chi connectivity index (χ3v) is 2.67. The van der Waals surface area contributed by atoms with Crippen LogP contribution in [0.25, 0.3) is 0 Å². The van der Waals surface area contributed by atoms with Crippen LogP contribution >= 0.6 is 0 Å². The zero-order chi connectivity index (χ0) is 13.3. The van der Waals surface area contributed by atoms with E-state index in [1.807, 2.05) is 0 Å². The van der Waals surface area contributed by atoms with Crippen molar-refractivity contribution in [2.45, 2.75) is 25.3 Å². The van der Waals surface area contributed by atoms with Crippen molar-refractivity contribution >= 4 is 17.8 Å². The third kappa shape index (κ3) is 2.40. The minimum atomic E-state index is -1.08. The van der Waals surface area contributed by atoms with Crippen molar-refractivity contribution in [2.24, 2.45) is 0 Å². The van der Waals surface area contributed by atoms with Gasteiger partial charge in [0.1, 0.15) is 19.0 Å². The lowest BCUT2D eigenvalue weighted by Crippen LogP contribution is -2.42. The Balaban J connectivity index is 1.89. The van der Waals surface area contributed by atoms with E-state index in [9.17, 15) is 24.6 Å². The molecule has 8 nitrogen and oxygen atoms in total. The summed E-state index contributed by atoms with van der Waals surface area (Å²) in [7, 11) is 0. The fourth-order valence-corrected chi connectivity index (χ4v) is 1.74. The molecule has 0 aromatic rings. The van der Waals surface area contributed by atoms with Crippen LogP contribution < -0.4 is 0 Å². The highest BCUT2D eigenvalue weighted by atomic mass is 16.7. The minimum absolute atomic E-state index is 0.275. The van der Waals surface area contributed by atoms with Gasteiger partial charge in [-0.05, 0) is 12.8 Å². The largest absolute Gasteiger partial charge is 0.375 e. The average molecular weight is 256 g/mol. The molecule has 1 fully saturated rings. The van der Waals surface area contributed by atoms with E-state index in [4.69, 9.17) is 4.84 Å². The number of amides is 2. The van der Waals surface area contributed by atoms with Crippen molar-refractivity contribution in [3.05, 3.63) is 12.2 Å². The first-order valence-corrected chi connectivity index (χ1v) is 5.38. The van der Waals surface area contributed by atoms with Crippen LogP contribution in [0.2, 0.25) is 0 Å². The minimum Gasteiger partial charge on any atom is -0.375 e. The van der Waals surface area contributed by atoms with Gasteiger partial charge in [0.2, 0.25) is 0 Å². The smallest absolute Gasteiger partial charge is 0.345 e. The highest BCUT2D eigenvalue weighted by Crippen LogP contribution is 2.20. The molecule has 2 atom stereocenters. The molecular formula is C10H12N2O6. The Morgan fingerprint density at radius 2 is 1.72 bits per heavy atom. The molecule has 8 heteroatoms. The molecule has 2 rings (SSSR count). The van der Waals surface area contributed by atoms with E-state index >= 15 is 0 Å². The number of imide groups is 1. The zero-order valence-corrected chi connectivity index (χ0v) is 9.35. The molecule has 2 N–H and O–H groups in total. The summed E-state index contributed by atoms with van der Waals surface area (Å²) in [4.78, 5) is 39.3. The number of carbonyl (C=O) groups excluding carboxylic acids is 3. The number of aliphatic hydroxyl groups excluding tert-OH is 2. The van der Waals surface area contributed by atoms with Crippen molar-refractivity contribution in [3.8, 4) is 0 Å². The fraction of sp³-hybridized carbons (Fsp3) is 0.500. The molecule has 2 aliphatic heterocycles. The van der Waals surface area contributed by atoms with Crippen molar-refractivity contribution < 1.29 is 29.4 Å². The Hall–Kier alpha value is -1.77. The summed E-state index contributed by atoms with van der Waals surface area (Å²) >= 11 is 0. The Labute approximate surface area is 102 Å². The van der Waals surface area contributed by atoms with Crippen LogP contribution in [-0.2, 0) is 19.2 Å². The number of carbonyl (C=O) groups is 3. The molecule has 0 aliphatic carbocycles. The Kier molecular flexibility index (Phi) is 3.41. The van der Waals surface area contributed by atoms with Crippen molar-refractivity contribution in [1.29, 1.82) is 0 Å². The van der Waals surface area contributed by atoms with Crippen LogP contribution in [0, 0.1) is 0 Å². The molecule has 0 bridgehead atoms. The molecule has 0 radical (unpaired) electrons. The second-order valence-electron chi connectivity index (χ2n) is 3.96. The second-order valence-corrected chi connectivity index (χ2v) is 3.96. The summed E-state index contributed by atoms with van der Waals surface area (Å²) in [6.07, 6.45) is 0.499. The lowest BCUT2D eigenvalue weighted by atomic mass is 10.3. The van der Waals surface area contributed by atoms with Gasteiger partial charge in [0.05, 0.1) is 0 Å². The molecule has 2 amide bonds. The summed E-state index contributed by atoms with van der Waals surface area (Å²) in [5.41, 5.74) is 0. The van der Waals surface area contributed by atoms with Crippen LogP contribution in [-0.4, -0.2) is 57.0 Å². The summed E-state index contributed by atoms with van der Waals surface area (Å²) in [6.45, 7) is -0.555. The molecule has 0 saturated carbocycles. The second kappa shape index (κ2) is 4.84. The molecule has 18 heavy (non-hydrogen) atoms. The fourth-order valence-electron chi connectivity index (χ4n) is 1.74. The maximum absolute atomic E-state index is 11.5. The van der Waals surface area contributed by atoms with Gasteiger partial charge in [-0.15, -0.1) is 0 Å². The highest BCUT2D eigenvalue weighted by Gasteiger charge is 2.35. The zero-order valence-electron chi connectivity index (χ0n) is 9.35. The third-order valence-electron chi connectivity index (χ3n) is 2.67. The van der Waals surface area contributed by atoms with E-state index in [2.05, 4.69) is 0 Å². The number of nitrogens with zero attached hydrogens (tertiary/aromatic N) is 2. The van der Waals surface area contributed by atoms with Crippen LogP contribution in [0.3, 0.4) is 0 Å². The lowest BCUT2D eigenvalue weighted by molar-refractivity contribution is -0.261. The number of hydroxylamine groups is 2. The summed E-state index contributed by atoms with van der Waals surface area (Å²) in [6, 6.07) is 0. The van der Waals surface area contributed by atoms with Gasteiger partial charge in [0, 0.05) is 12.2 Å². The van der Waals surface area contributed by atoms with Gasteiger partial charge in [-0.2, -0.15) is 0 Å². The van der Waals surface area contributed by atoms with Crippen molar-refractivity contribution in [3.63, 3.8) is 0 Å². The molecule has 0 aromatic heterocycles. The average Bonchev–Trinajstić information content (AvgIpc) is 2.79. The van der Waals surface area contributed by atoms with Crippen LogP contribution in [0.1, 0.15) is 12.8 Å². The Morgan fingerprint density at radius 1 is 1.22 bits per heavy atom. The summed E-state index contributed by atoms with van der Waals surface area (Å²) in [5, 5.41) is 19.6. The Bertz CT molecular complexity index is 393. The maximum Gasteiger partial charge on any atom is 0.345 e. The van der Waals surface area contributed by atoms with Crippen molar-refractivity contribution in [2.75, 3.05) is 6.54 Å². The quantitative estimate of drug-likeness (QED) is 0.568. The normalized spacial score (nSPS) is 28.2. The predicted molar refractivity (Wildman–Crippen MR) is 55.0 cm³/mol. The van der Waals surface area contributed by atoms with Crippen molar-refractivity contribution in [1.82, 2.24) is 9.96 Å². The van der Waals surface area contributed by atoms with Gasteiger partial charge in [-0.1, -0.05) is 5.06 Å². The molecule has 98 valence electrons. The standard InChI is InChI=1S/C10H12N2O6/c13-6-1-2-7(14)11(6)5-10(17)18-12-8(15)3-4-9(12)16/h1-2,8-9,15-16H,3-5H2. The Morgan fingerprint density at radius 3 is 2.22 bits per heavy atom. The van der Waals surface area contributed by atoms with Gasteiger partial charge in [-0.25, -0.2) is 4.79 Å². The van der Waals surface area contributed by atoms with Gasteiger partial charge < -0.3 is 15.1 Å². The molecule has 0 aromatic carbocycles. The first-order chi connectivity index (χ1) is 8.49. The maximum atomic E-state index is 11.5. The monoisotopic (exact) mass is 256 g/mol. The van der Waals surface area contributed by atoms with Gasteiger partial charge in [0.25, 0.3) is 11.8 Å². The first kappa shape index (κ1) is 12.7. The topological polar surface area (TPSA) is 107 Å². The van der Waals surface area contributed by atoms with E-state index < -0.39 is 36.8 Å². The molecular weight excluding hydrogens is 244 g/mol. The SMILES string of the molecule is O=C(CN1C(=O)C=CC1=O)ON1C(O)CCC1O. The van der Waals surface area contributed by atoms with E-state index in [-0.39, 0.29) is 12.8 Å². The number of aliphatic hydroxyl groups is 2. The van der Waals surface area contributed by atoms with E-state index in [0.717, 1.165) is 17.2 Å². The van der Waals surface area contributed by atoms with Crippen LogP contribution in [0.5, 0.6) is 0 Å². The van der Waals surface area contributed by atoms with Gasteiger partial charge >= 0.3 is 5.97 Å². The predicted octanol–water partition coefficient (Wildman–Crippen LogP) is -1.90. The highest BCUT2D eigenvalue weighted by molar-refractivity contribution is 6.14. The number of hydrogen-bond donors (Lipinski definition) is 2. The summed E-state index contributed by atoms with van der Waals surface area (Å²) in [5.74, 6) is -2.10. The number of hydrogen-bond acceptors (Lipinski definition) is 7. The van der Waals surface area contributed by atoms with Crippen LogP contribution in [0.15, 0.2) is 12.2 Å². The van der Waals surface area contributed by atoms with Gasteiger partial charge in [0.15, 0.2) is 0 Å². The van der Waals surface area contributed by atoms with E-state index in [1.165, 1.54) is 0 Å². The molecule has 2 aliphatic rings.